The summed E-state index contributed by atoms with van der Waals surface area (Å²) in [5, 5.41) is 8.75. The van der Waals surface area contributed by atoms with Crippen LogP contribution in [0.4, 0.5) is 0 Å². The average molecular weight is 300 g/mol. The summed E-state index contributed by atoms with van der Waals surface area (Å²) in [6.07, 6.45) is 10.6. The van der Waals surface area contributed by atoms with Gasteiger partial charge in [-0.05, 0) is 18.0 Å². The largest absolute Gasteiger partial charge is 0.301 e. The van der Waals surface area contributed by atoms with E-state index in [-0.39, 0.29) is 5.41 Å². The van der Waals surface area contributed by atoms with E-state index in [0.717, 1.165) is 18.8 Å². The summed E-state index contributed by atoms with van der Waals surface area (Å²) >= 11 is 6.14. The van der Waals surface area contributed by atoms with E-state index in [1.54, 1.807) is 0 Å². The van der Waals surface area contributed by atoms with E-state index < -0.39 is 0 Å². The topological polar surface area (TPSA) is 30.7 Å². The first-order chi connectivity index (χ1) is 9.46. The Balaban J connectivity index is 2.27. The third-order valence-electron chi connectivity index (χ3n) is 3.61. The molecule has 0 aliphatic carbocycles. The highest BCUT2D eigenvalue weighted by Crippen LogP contribution is 2.23. The van der Waals surface area contributed by atoms with Gasteiger partial charge in [0.05, 0.1) is 0 Å². The quantitative estimate of drug-likeness (QED) is 0.574. The van der Waals surface area contributed by atoms with Crippen LogP contribution in [0, 0.1) is 0 Å². The fourth-order valence-corrected chi connectivity index (χ4v) is 2.64. The van der Waals surface area contributed by atoms with Crippen LogP contribution in [0.2, 0.25) is 5.28 Å². The molecule has 4 heteroatoms. The van der Waals surface area contributed by atoms with Gasteiger partial charge in [0.15, 0.2) is 0 Å². The van der Waals surface area contributed by atoms with Crippen LogP contribution < -0.4 is 0 Å². The Morgan fingerprint density at radius 3 is 2.00 bits per heavy atom. The van der Waals surface area contributed by atoms with Gasteiger partial charge in [-0.15, -0.1) is 10.2 Å². The van der Waals surface area contributed by atoms with Crippen LogP contribution in [0.5, 0.6) is 0 Å². The van der Waals surface area contributed by atoms with Crippen molar-refractivity contribution in [3.8, 4) is 0 Å². The number of halogens is 1. The summed E-state index contributed by atoms with van der Waals surface area (Å²) in [6.45, 7) is 9.65. The highest BCUT2D eigenvalue weighted by Gasteiger charge is 2.22. The molecule has 0 saturated heterocycles. The van der Waals surface area contributed by atoms with Crippen LogP contribution in [0.15, 0.2) is 0 Å². The summed E-state index contributed by atoms with van der Waals surface area (Å²) in [4.78, 5) is 0. The summed E-state index contributed by atoms with van der Waals surface area (Å²) in [5.74, 6) is 0.991. The average Bonchev–Trinajstić information content (AvgIpc) is 2.74. The summed E-state index contributed by atoms with van der Waals surface area (Å²) in [6, 6.07) is 0. The molecule has 20 heavy (non-hydrogen) atoms. The zero-order valence-electron chi connectivity index (χ0n) is 13.6. The molecule has 1 aromatic rings. The summed E-state index contributed by atoms with van der Waals surface area (Å²) in [5.41, 5.74) is 0.000290. The molecule has 0 radical (unpaired) electrons. The molecule has 0 spiro atoms. The molecule has 0 fully saturated rings. The van der Waals surface area contributed by atoms with Gasteiger partial charge < -0.3 is 4.57 Å². The van der Waals surface area contributed by atoms with Gasteiger partial charge in [0, 0.05) is 12.0 Å². The Bertz CT molecular complexity index is 380. The molecule has 0 aliphatic rings. The van der Waals surface area contributed by atoms with Gasteiger partial charge >= 0.3 is 0 Å². The van der Waals surface area contributed by atoms with Crippen molar-refractivity contribution in [2.75, 3.05) is 0 Å². The van der Waals surface area contributed by atoms with Crippen molar-refractivity contribution in [1.29, 1.82) is 0 Å². The summed E-state index contributed by atoms with van der Waals surface area (Å²) in [7, 11) is 0. The van der Waals surface area contributed by atoms with Gasteiger partial charge in [-0.1, -0.05) is 72.6 Å². The van der Waals surface area contributed by atoms with Crippen LogP contribution in [-0.2, 0) is 12.0 Å². The fraction of sp³-hybridized carbons (Fsp3) is 0.875. The van der Waals surface area contributed by atoms with E-state index in [1.165, 1.54) is 44.9 Å². The first-order valence-corrected chi connectivity index (χ1v) is 8.43. The molecule has 3 nitrogen and oxygen atoms in total. The van der Waals surface area contributed by atoms with E-state index in [4.69, 9.17) is 11.6 Å². The lowest BCUT2D eigenvalue weighted by Crippen LogP contribution is -2.19. The molecule has 0 unspecified atom stereocenters. The van der Waals surface area contributed by atoms with E-state index in [9.17, 15) is 0 Å². The lowest BCUT2D eigenvalue weighted by molar-refractivity contribution is 0.477. The molecule has 0 aromatic carbocycles. The molecule has 116 valence electrons. The van der Waals surface area contributed by atoms with Crippen molar-refractivity contribution in [2.24, 2.45) is 0 Å². The third kappa shape index (κ3) is 5.82. The second-order valence-corrected chi connectivity index (χ2v) is 7.01. The smallest absolute Gasteiger partial charge is 0.225 e. The zero-order chi connectivity index (χ0) is 15.0. The molecule has 0 N–H and O–H groups in total. The highest BCUT2D eigenvalue weighted by molar-refractivity contribution is 6.28. The van der Waals surface area contributed by atoms with Gasteiger partial charge in [0.2, 0.25) is 5.28 Å². The molecule has 1 rings (SSSR count). The lowest BCUT2D eigenvalue weighted by atomic mass is 9.95. The predicted molar refractivity (Wildman–Crippen MR) is 86.3 cm³/mol. The maximum Gasteiger partial charge on any atom is 0.225 e. The van der Waals surface area contributed by atoms with Crippen molar-refractivity contribution in [2.45, 2.75) is 91.0 Å². The molecule has 1 aromatic heterocycles. The van der Waals surface area contributed by atoms with Crippen molar-refractivity contribution >= 4 is 11.6 Å². The highest BCUT2D eigenvalue weighted by atomic mass is 35.5. The minimum absolute atomic E-state index is 0.000290. The number of hydrogen-bond donors (Lipinski definition) is 0. The Morgan fingerprint density at radius 2 is 1.45 bits per heavy atom. The first kappa shape index (κ1) is 17.5. The summed E-state index contributed by atoms with van der Waals surface area (Å²) < 4.78 is 2.07. The van der Waals surface area contributed by atoms with E-state index in [2.05, 4.69) is 42.5 Å². The van der Waals surface area contributed by atoms with Crippen LogP contribution >= 0.6 is 11.6 Å². The van der Waals surface area contributed by atoms with Gasteiger partial charge in [0.1, 0.15) is 5.82 Å². The number of nitrogens with zero attached hydrogens (tertiary/aromatic N) is 3. The Kier molecular flexibility index (Phi) is 7.57. The zero-order valence-corrected chi connectivity index (χ0v) is 14.3. The van der Waals surface area contributed by atoms with Crippen molar-refractivity contribution in [1.82, 2.24) is 14.8 Å². The monoisotopic (exact) mass is 299 g/mol. The number of unbranched alkanes of at least 4 members (excludes halogenated alkanes) is 7. The SMILES string of the molecule is CCCCCCCCCCn1c(Cl)nnc1C(C)(C)C. The maximum absolute atomic E-state index is 6.14. The van der Waals surface area contributed by atoms with Crippen LogP contribution in [0.25, 0.3) is 0 Å². The van der Waals surface area contributed by atoms with Crippen LogP contribution in [0.3, 0.4) is 0 Å². The standard InChI is InChI=1S/C16H30ClN3/c1-5-6-7-8-9-10-11-12-13-20-14(16(2,3)4)18-19-15(20)17/h5-13H2,1-4H3. The molecule has 1 heterocycles. The van der Waals surface area contributed by atoms with Crippen molar-refractivity contribution in [3.63, 3.8) is 0 Å². The molecule has 0 atom stereocenters. The van der Waals surface area contributed by atoms with Crippen LogP contribution in [-0.4, -0.2) is 14.8 Å². The molecular formula is C16H30ClN3. The minimum atomic E-state index is 0.000290. The van der Waals surface area contributed by atoms with E-state index in [1.807, 2.05) is 0 Å². The van der Waals surface area contributed by atoms with Crippen LogP contribution in [0.1, 0.15) is 84.9 Å². The van der Waals surface area contributed by atoms with E-state index in [0.29, 0.717) is 5.28 Å². The Morgan fingerprint density at radius 1 is 0.900 bits per heavy atom. The molecule has 0 amide bonds. The molecule has 0 saturated carbocycles. The molecular weight excluding hydrogens is 270 g/mol. The normalized spacial score (nSPS) is 12.1. The second kappa shape index (κ2) is 8.66. The lowest BCUT2D eigenvalue weighted by Gasteiger charge is -2.18. The number of aromatic nitrogens is 3. The van der Waals surface area contributed by atoms with Gasteiger partial charge in [-0.3, -0.25) is 0 Å². The number of hydrogen-bond acceptors (Lipinski definition) is 2. The minimum Gasteiger partial charge on any atom is -0.301 e. The Hall–Kier alpha value is -0.570. The maximum atomic E-state index is 6.14. The Labute approximate surface area is 129 Å². The molecule has 0 aliphatic heterocycles. The van der Waals surface area contributed by atoms with Crippen molar-refractivity contribution < 1.29 is 0 Å². The van der Waals surface area contributed by atoms with Gasteiger partial charge in [-0.25, -0.2) is 0 Å². The fourth-order valence-electron chi connectivity index (χ4n) is 2.44. The van der Waals surface area contributed by atoms with E-state index >= 15 is 0 Å². The molecule has 0 bridgehead atoms. The van der Waals surface area contributed by atoms with Crippen molar-refractivity contribution in [3.05, 3.63) is 11.1 Å². The first-order valence-electron chi connectivity index (χ1n) is 8.06. The number of rotatable bonds is 9. The second-order valence-electron chi connectivity index (χ2n) is 6.67. The third-order valence-corrected chi connectivity index (χ3v) is 3.89. The predicted octanol–water partition coefficient (Wildman–Crippen LogP) is 5.37. The van der Waals surface area contributed by atoms with Gasteiger partial charge in [-0.2, -0.15) is 0 Å². The van der Waals surface area contributed by atoms with Gasteiger partial charge in [0.25, 0.3) is 0 Å².